The Morgan fingerprint density at radius 2 is 2.33 bits per heavy atom. The molecule has 1 amide bonds. The van der Waals surface area contributed by atoms with Crippen LogP contribution in [0, 0.1) is 0 Å². The van der Waals surface area contributed by atoms with Gasteiger partial charge in [-0.1, -0.05) is 6.92 Å². The number of hydrogen-bond acceptors (Lipinski definition) is 3. The van der Waals surface area contributed by atoms with Crippen LogP contribution in [0.15, 0.2) is 23.8 Å². The van der Waals surface area contributed by atoms with Gasteiger partial charge in [0.1, 0.15) is 18.1 Å². The first-order chi connectivity index (χ1) is 8.69. The Kier molecular flexibility index (Phi) is 3.87. The maximum Gasteiger partial charge on any atom is 0.220 e. The van der Waals surface area contributed by atoms with E-state index in [1.54, 1.807) is 18.2 Å². The maximum absolute atomic E-state index is 11.4. The van der Waals surface area contributed by atoms with Crippen LogP contribution in [-0.2, 0) is 4.79 Å². The zero-order valence-electron chi connectivity index (χ0n) is 10.4. The van der Waals surface area contributed by atoms with Gasteiger partial charge in [0, 0.05) is 18.5 Å². The first-order valence-corrected chi connectivity index (χ1v) is 6.11. The number of phenolic OH excluding ortho intramolecular Hbond substituents is 1. The van der Waals surface area contributed by atoms with Gasteiger partial charge >= 0.3 is 0 Å². The van der Waals surface area contributed by atoms with E-state index >= 15 is 0 Å². The highest BCUT2D eigenvalue weighted by Crippen LogP contribution is 2.29. The van der Waals surface area contributed by atoms with Crippen molar-refractivity contribution in [3.8, 4) is 11.5 Å². The normalized spacial score (nSPS) is 13.3. The van der Waals surface area contributed by atoms with Gasteiger partial charge in [-0.05, 0) is 36.3 Å². The number of phenols is 1. The van der Waals surface area contributed by atoms with Crippen molar-refractivity contribution < 1.29 is 14.6 Å². The van der Waals surface area contributed by atoms with Crippen LogP contribution in [0.25, 0.3) is 6.08 Å². The molecule has 1 aliphatic heterocycles. The third-order valence-electron chi connectivity index (χ3n) is 2.76. The standard InChI is InChI=1S/C14H17NO3/c1-2-3-14(17)15-8-10-6-11-7-12(16)4-5-13(11)18-9-10/h4-7,16H,2-3,8-9H2,1H3,(H,15,17). The molecule has 2 rings (SSSR count). The van der Waals surface area contributed by atoms with Crippen molar-refractivity contribution in [1.29, 1.82) is 0 Å². The van der Waals surface area contributed by atoms with Crippen molar-refractivity contribution in [2.24, 2.45) is 0 Å². The Bertz CT molecular complexity index is 480. The quantitative estimate of drug-likeness (QED) is 0.856. The van der Waals surface area contributed by atoms with Crippen molar-refractivity contribution in [2.45, 2.75) is 19.8 Å². The molecular weight excluding hydrogens is 230 g/mol. The number of benzene rings is 1. The van der Waals surface area contributed by atoms with Crippen LogP contribution < -0.4 is 10.1 Å². The van der Waals surface area contributed by atoms with Crippen molar-refractivity contribution in [3.05, 3.63) is 29.3 Å². The van der Waals surface area contributed by atoms with Gasteiger partial charge in [-0.2, -0.15) is 0 Å². The van der Waals surface area contributed by atoms with E-state index < -0.39 is 0 Å². The second-order valence-corrected chi connectivity index (χ2v) is 4.34. The average molecular weight is 247 g/mol. The summed E-state index contributed by atoms with van der Waals surface area (Å²) in [6.45, 7) is 2.94. The molecule has 1 aromatic carbocycles. The van der Waals surface area contributed by atoms with Crippen LogP contribution in [-0.4, -0.2) is 24.2 Å². The van der Waals surface area contributed by atoms with E-state index in [-0.39, 0.29) is 11.7 Å². The molecule has 0 spiro atoms. The minimum atomic E-state index is 0.0557. The molecule has 18 heavy (non-hydrogen) atoms. The summed E-state index contributed by atoms with van der Waals surface area (Å²) < 4.78 is 5.55. The third kappa shape index (κ3) is 3.03. The zero-order valence-corrected chi connectivity index (χ0v) is 10.4. The summed E-state index contributed by atoms with van der Waals surface area (Å²) >= 11 is 0. The van der Waals surface area contributed by atoms with Gasteiger partial charge in [-0.25, -0.2) is 0 Å². The topological polar surface area (TPSA) is 58.6 Å². The van der Waals surface area contributed by atoms with Gasteiger partial charge in [-0.3, -0.25) is 4.79 Å². The van der Waals surface area contributed by atoms with E-state index in [2.05, 4.69) is 5.32 Å². The lowest BCUT2D eigenvalue weighted by Crippen LogP contribution is -2.27. The van der Waals surface area contributed by atoms with Gasteiger partial charge in [-0.15, -0.1) is 0 Å². The van der Waals surface area contributed by atoms with Crippen LogP contribution in [0.4, 0.5) is 0 Å². The third-order valence-corrected chi connectivity index (χ3v) is 2.76. The van der Waals surface area contributed by atoms with Crippen LogP contribution in [0.1, 0.15) is 25.3 Å². The molecule has 2 N–H and O–H groups in total. The predicted octanol–water partition coefficient (Wildman–Crippen LogP) is 2.08. The molecule has 0 fully saturated rings. The number of aromatic hydroxyl groups is 1. The molecule has 1 aromatic rings. The van der Waals surface area contributed by atoms with Gasteiger partial charge in [0.2, 0.25) is 5.91 Å². The SMILES string of the molecule is CCCC(=O)NCC1=Cc2cc(O)ccc2OC1. The fourth-order valence-corrected chi connectivity index (χ4v) is 1.84. The van der Waals surface area contributed by atoms with Crippen LogP contribution in [0.2, 0.25) is 0 Å². The Labute approximate surface area is 106 Å². The molecule has 4 heteroatoms. The summed E-state index contributed by atoms with van der Waals surface area (Å²) in [5.74, 6) is 1.03. The highest BCUT2D eigenvalue weighted by atomic mass is 16.5. The van der Waals surface area contributed by atoms with Crippen LogP contribution in [0.3, 0.4) is 0 Å². The number of rotatable bonds is 4. The summed E-state index contributed by atoms with van der Waals surface area (Å²) in [7, 11) is 0. The molecule has 1 heterocycles. The molecule has 0 radical (unpaired) electrons. The van der Waals surface area contributed by atoms with Gasteiger partial charge in [0.15, 0.2) is 0 Å². The second-order valence-electron chi connectivity index (χ2n) is 4.34. The van der Waals surface area contributed by atoms with Crippen molar-refractivity contribution in [1.82, 2.24) is 5.32 Å². The molecule has 0 saturated carbocycles. The van der Waals surface area contributed by atoms with Crippen molar-refractivity contribution in [3.63, 3.8) is 0 Å². The highest BCUT2D eigenvalue weighted by molar-refractivity contribution is 5.76. The number of amides is 1. The molecule has 1 aliphatic rings. The van der Waals surface area contributed by atoms with E-state index in [1.807, 2.05) is 13.0 Å². The molecule has 0 saturated heterocycles. The number of ether oxygens (including phenoxy) is 1. The summed E-state index contributed by atoms with van der Waals surface area (Å²) in [6.07, 6.45) is 3.34. The van der Waals surface area contributed by atoms with E-state index in [0.29, 0.717) is 19.6 Å². The number of fused-ring (bicyclic) bond motifs is 1. The maximum atomic E-state index is 11.4. The monoisotopic (exact) mass is 247 g/mol. The summed E-state index contributed by atoms with van der Waals surface area (Å²) in [4.78, 5) is 11.4. The molecule has 0 aromatic heterocycles. The molecular formula is C14H17NO3. The Hall–Kier alpha value is -1.97. The molecule has 0 unspecified atom stereocenters. The first-order valence-electron chi connectivity index (χ1n) is 6.11. The predicted molar refractivity (Wildman–Crippen MR) is 69.5 cm³/mol. The number of nitrogens with one attached hydrogen (secondary N) is 1. The van der Waals surface area contributed by atoms with Crippen LogP contribution >= 0.6 is 0 Å². The lowest BCUT2D eigenvalue weighted by Gasteiger charge is -2.18. The van der Waals surface area contributed by atoms with E-state index in [0.717, 1.165) is 23.3 Å². The molecule has 0 aliphatic carbocycles. The summed E-state index contributed by atoms with van der Waals surface area (Å²) in [5.41, 5.74) is 1.85. The fourth-order valence-electron chi connectivity index (χ4n) is 1.84. The smallest absolute Gasteiger partial charge is 0.220 e. The Balaban J connectivity index is 2.01. The Morgan fingerprint density at radius 1 is 1.50 bits per heavy atom. The van der Waals surface area contributed by atoms with Gasteiger partial charge < -0.3 is 15.2 Å². The fraction of sp³-hybridized carbons (Fsp3) is 0.357. The van der Waals surface area contributed by atoms with Crippen LogP contribution in [0.5, 0.6) is 11.5 Å². The number of carbonyl (C=O) groups is 1. The summed E-state index contributed by atoms with van der Waals surface area (Å²) in [6, 6.07) is 5.00. The summed E-state index contributed by atoms with van der Waals surface area (Å²) in [5, 5.41) is 12.3. The minimum Gasteiger partial charge on any atom is -0.508 e. The molecule has 4 nitrogen and oxygen atoms in total. The van der Waals surface area contributed by atoms with E-state index in [9.17, 15) is 9.90 Å². The molecule has 96 valence electrons. The number of carbonyl (C=O) groups excluding carboxylic acids is 1. The van der Waals surface area contributed by atoms with Crippen molar-refractivity contribution in [2.75, 3.05) is 13.2 Å². The average Bonchev–Trinajstić information content (AvgIpc) is 2.36. The second kappa shape index (κ2) is 5.58. The Morgan fingerprint density at radius 3 is 3.11 bits per heavy atom. The number of hydrogen-bond donors (Lipinski definition) is 2. The lowest BCUT2D eigenvalue weighted by molar-refractivity contribution is -0.120. The first kappa shape index (κ1) is 12.5. The molecule has 0 atom stereocenters. The van der Waals surface area contributed by atoms with E-state index in [1.165, 1.54) is 0 Å². The largest absolute Gasteiger partial charge is 0.508 e. The van der Waals surface area contributed by atoms with Gasteiger partial charge in [0.25, 0.3) is 0 Å². The molecule has 0 bridgehead atoms. The van der Waals surface area contributed by atoms with Gasteiger partial charge in [0.05, 0.1) is 0 Å². The van der Waals surface area contributed by atoms with Crippen molar-refractivity contribution >= 4 is 12.0 Å². The highest BCUT2D eigenvalue weighted by Gasteiger charge is 2.12. The zero-order chi connectivity index (χ0) is 13.0. The minimum absolute atomic E-state index is 0.0557. The lowest BCUT2D eigenvalue weighted by atomic mass is 10.1. The van der Waals surface area contributed by atoms with E-state index in [4.69, 9.17) is 4.74 Å².